The fraction of sp³-hybridized carbons (Fsp3) is 0.286. The normalized spacial score (nSPS) is 14.6. The van der Waals surface area contributed by atoms with Gasteiger partial charge in [0, 0.05) is 36.2 Å². The molecule has 0 bridgehead atoms. The Morgan fingerprint density at radius 3 is 2.33 bits per heavy atom. The first-order chi connectivity index (χ1) is 17.4. The Kier molecular flexibility index (Phi) is 7.30. The molecule has 0 saturated carbocycles. The molecule has 1 atom stereocenters. The fourth-order valence-electron chi connectivity index (χ4n) is 5.02. The Hall–Kier alpha value is -2.90. The highest BCUT2D eigenvalue weighted by atomic mass is 35.5. The van der Waals surface area contributed by atoms with Gasteiger partial charge in [-0.2, -0.15) is 0 Å². The summed E-state index contributed by atoms with van der Waals surface area (Å²) >= 11 is 12.3. The minimum absolute atomic E-state index is 0.0658. The summed E-state index contributed by atoms with van der Waals surface area (Å²) in [7, 11) is 0. The van der Waals surface area contributed by atoms with Crippen LogP contribution in [0.2, 0.25) is 10.0 Å². The quantitative estimate of drug-likeness (QED) is 0.395. The summed E-state index contributed by atoms with van der Waals surface area (Å²) in [5, 5.41) is 12.4. The van der Waals surface area contributed by atoms with Crippen LogP contribution >= 0.6 is 23.2 Å². The molecule has 5 rings (SSSR count). The lowest BCUT2D eigenvalue weighted by atomic mass is 10.00. The topological polar surface area (TPSA) is 67.5 Å². The molecule has 186 valence electrons. The third-order valence-electron chi connectivity index (χ3n) is 6.75. The van der Waals surface area contributed by atoms with Crippen molar-refractivity contribution in [1.29, 1.82) is 0 Å². The van der Waals surface area contributed by atoms with Gasteiger partial charge < -0.3 is 5.11 Å². The number of aliphatic hydroxyl groups is 1. The summed E-state index contributed by atoms with van der Waals surface area (Å²) in [5.41, 5.74) is 3.22. The molecular weight excluding hydrogens is 497 g/mol. The van der Waals surface area contributed by atoms with Gasteiger partial charge in [-0.05, 0) is 59.9 Å². The minimum Gasteiger partial charge on any atom is -0.390 e. The van der Waals surface area contributed by atoms with E-state index >= 15 is 0 Å². The number of hydrogen-bond acceptors (Lipinski definition) is 4. The number of rotatable bonds is 7. The Morgan fingerprint density at radius 1 is 0.861 bits per heavy atom. The van der Waals surface area contributed by atoms with E-state index in [1.807, 2.05) is 24.3 Å². The van der Waals surface area contributed by atoms with Crippen LogP contribution in [0.5, 0.6) is 0 Å². The lowest BCUT2D eigenvalue weighted by Crippen LogP contribution is -2.45. The molecule has 1 N–H and O–H groups in total. The maximum atomic E-state index is 13.5. The van der Waals surface area contributed by atoms with E-state index in [0.29, 0.717) is 40.5 Å². The summed E-state index contributed by atoms with van der Waals surface area (Å²) in [6.45, 7) is 2.23. The van der Waals surface area contributed by atoms with Gasteiger partial charge in [-0.25, -0.2) is 4.79 Å². The van der Waals surface area contributed by atoms with Gasteiger partial charge in [0.05, 0.1) is 23.6 Å². The van der Waals surface area contributed by atoms with Crippen LogP contribution in [0.1, 0.15) is 16.7 Å². The molecule has 0 fully saturated rings. The maximum absolute atomic E-state index is 13.5. The Morgan fingerprint density at radius 2 is 1.56 bits per heavy atom. The lowest BCUT2D eigenvalue weighted by molar-refractivity contribution is 0.0897. The van der Waals surface area contributed by atoms with E-state index in [0.717, 1.165) is 29.6 Å². The van der Waals surface area contributed by atoms with Gasteiger partial charge >= 0.3 is 5.69 Å². The van der Waals surface area contributed by atoms with Gasteiger partial charge in [0.15, 0.2) is 0 Å². The predicted molar refractivity (Wildman–Crippen MR) is 144 cm³/mol. The number of halogens is 2. The molecule has 0 radical (unpaired) electrons. The molecule has 0 spiro atoms. The summed E-state index contributed by atoms with van der Waals surface area (Å²) in [6, 6.07) is 20.7. The molecule has 8 heteroatoms. The molecule has 6 nitrogen and oxygen atoms in total. The van der Waals surface area contributed by atoms with Crippen molar-refractivity contribution in [2.24, 2.45) is 0 Å². The maximum Gasteiger partial charge on any atom is 0.331 e. The molecule has 2 heterocycles. The van der Waals surface area contributed by atoms with Crippen molar-refractivity contribution >= 4 is 34.1 Å². The molecule has 1 aliphatic heterocycles. The highest BCUT2D eigenvalue weighted by molar-refractivity contribution is 6.34. The van der Waals surface area contributed by atoms with Gasteiger partial charge in [0.2, 0.25) is 0 Å². The Labute approximate surface area is 218 Å². The third-order valence-corrected chi connectivity index (χ3v) is 7.19. The van der Waals surface area contributed by atoms with Crippen LogP contribution in [0.25, 0.3) is 10.9 Å². The molecular formula is C28H27Cl2N3O3. The number of aromatic nitrogens is 2. The van der Waals surface area contributed by atoms with Crippen molar-refractivity contribution in [3.05, 3.63) is 114 Å². The summed E-state index contributed by atoms with van der Waals surface area (Å²) < 4.78 is 2.76. The van der Waals surface area contributed by atoms with Gasteiger partial charge in [0.25, 0.3) is 5.56 Å². The van der Waals surface area contributed by atoms with Crippen molar-refractivity contribution in [3.63, 3.8) is 0 Å². The standard InChI is InChI=1S/C28H27Cl2N3O3/c29-22-13-19(14-23(30)15-22)9-12-32-26-8-4-3-7-25(26)27(35)33(28(32)36)18-24(34)17-31-11-10-20-5-1-2-6-21(20)16-31/h1-8,13-15,24,34H,9-12,16-18H2. The van der Waals surface area contributed by atoms with Crippen LogP contribution in [0.15, 0.2) is 76.3 Å². The average molecular weight is 524 g/mol. The van der Waals surface area contributed by atoms with Crippen molar-refractivity contribution in [2.45, 2.75) is 38.6 Å². The number of para-hydroxylation sites is 1. The van der Waals surface area contributed by atoms with Crippen LogP contribution < -0.4 is 11.2 Å². The van der Waals surface area contributed by atoms with E-state index in [4.69, 9.17) is 23.2 Å². The zero-order valence-corrected chi connectivity index (χ0v) is 21.3. The second-order valence-corrected chi connectivity index (χ2v) is 10.2. The second-order valence-electron chi connectivity index (χ2n) is 9.30. The van der Waals surface area contributed by atoms with Crippen LogP contribution in [0.4, 0.5) is 0 Å². The second kappa shape index (κ2) is 10.6. The molecule has 0 saturated heterocycles. The highest BCUT2D eigenvalue weighted by Crippen LogP contribution is 2.21. The first-order valence-electron chi connectivity index (χ1n) is 12.0. The average Bonchev–Trinajstić information content (AvgIpc) is 2.86. The number of hydrogen-bond donors (Lipinski definition) is 1. The van der Waals surface area contributed by atoms with Crippen molar-refractivity contribution in [2.75, 3.05) is 13.1 Å². The number of benzene rings is 3. The van der Waals surface area contributed by atoms with E-state index in [1.165, 1.54) is 11.1 Å². The smallest absolute Gasteiger partial charge is 0.331 e. The zero-order chi connectivity index (χ0) is 25.2. The molecule has 0 amide bonds. The van der Waals surface area contributed by atoms with E-state index < -0.39 is 11.8 Å². The van der Waals surface area contributed by atoms with Crippen LogP contribution in [0, 0.1) is 0 Å². The predicted octanol–water partition coefficient (Wildman–Crippen LogP) is 4.13. The van der Waals surface area contributed by atoms with Gasteiger partial charge in [0.1, 0.15) is 0 Å². The van der Waals surface area contributed by atoms with Crippen LogP contribution in [-0.4, -0.2) is 38.3 Å². The molecule has 0 aliphatic carbocycles. The number of nitrogens with zero attached hydrogens (tertiary/aromatic N) is 3. The first-order valence-corrected chi connectivity index (χ1v) is 12.8. The van der Waals surface area contributed by atoms with Gasteiger partial charge in [-0.1, -0.05) is 59.6 Å². The number of aliphatic hydroxyl groups excluding tert-OH is 1. The van der Waals surface area contributed by atoms with Gasteiger partial charge in [-0.3, -0.25) is 18.8 Å². The summed E-state index contributed by atoms with van der Waals surface area (Å²) in [4.78, 5) is 28.9. The van der Waals surface area contributed by atoms with Crippen LogP contribution in [0.3, 0.4) is 0 Å². The Bertz CT molecular complexity index is 1510. The van der Waals surface area contributed by atoms with E-state index in [2.05, 4.69) is 17.0 Å². The first kappa shape index (κ1) is 24.8. The SMILES string of the molecule is O=c1c2ccccc2n(CCc2cc(Cl)cc(Cl)c2)c(=O)n1CC(O)CN1CCc2ccccc2C1. The highest BCUT2D eigenvalue weighted by Gasteiger charge is 2.21. The molecule has 1 aromatic heterocycles. The molecule has 36 heavy (non-hydrogen) atoms. The fourth-order valence-corrected chi connectivity index (χ4v) is 5.59. The molecule has 1 aliphatic rings. The molecule has 4 aromatic rings. The van der Waals surface area contributed by atoms with Gasteiger partial charge in [-0.15, -0.1) is 0 Å². The lowest BCUT2D eigenvalue weighted by Gasteiger charge is -2.30. The molecule has 3 aromatic carbocycles. The monoisotopic (exact) mass is 523 g/mol. The Balaban J connectivity index is 1.40. The molecule has 1 unspecified atom stereocenters. The largest absolute Gasteiger partial charge is 0.390 e. The van der Waals surface area contributed by atoms with Crippen LogP contribution in [-0.2, 0) is 32.5 Å². The number of β-amino-alcohol motifs (C(OH)–C–C–N with tert-alkyl or cyclic N) is 1. The summed E-state index contributed by atoms with van der Waals surface area (Å²) in [5.74, 6) is 0. The van der Waals surface area contributed by atoms with E-state index in [9.17, 15) is 14.7 Å². The van der Waals surface area contributed by atoms with E-state index in [-0.39, 0.29) is 12.1 Å². The van der Waals surface area contributed by atoms with Crippen molar-refractivity contribution < 1.29 is 5.11 Å². The van der Waals surface area contributed by atoms with Crippen molar-refractivity contribution in [3.8, 4) is 0 Å². The van der Waals surface area contributed by atoms with Crippen molar-refractivity contribution in [1.82, 2.24) is 14.0 Å². The number of aryl methyl sites for hydroxylation is 2. The number of fused-ring (bicyclic) bond motifs is 2. The minimum atomic E-state index is -0.859. The zero-order valence-electron chi connectivity index (χ0n) is 19.7. The summed E-state index contributed by atoms with van der Waals surface area (Å²) in [6.07, 6.45) is 0.569. The third kappa shape index (κ3) is 5.27. The van der Waals surface area contributed by atoms with E-state index in [1.54, 1.807) is 34.9 Å².